The number of aromatic amines is 1. The first-order valence-corrected chi connectivity index (χ1v) is 19.8. The van der Waals surface area contributed by atoms with E-state index in [1.165, 1.54) is 14.2 Å². The number of hydrogen-bond acceptors (Lipinski definition) is 10. The summed E-state index contributed by atoms with van der Waals surface area (Å²) in [5, 5.41) is 14.0. The van der Waals surface area contributed by atoms with E-state index in [4.69, 9.17) is 13.9 Å². The second-order valence-corrected chi connectivity index (χ2v) is 14.6. The molecule has 8 rings (SSSR count). The van der Waals surface area contributed by atoms with Crippen molar-refractivity contribution in [2.24, 2.45) is 0 Å². The van der Waals surface area contributed by atoms with Gasteiger partial charge in [-0.2, -0.15) is 0 Å². The van der Waals surface area contributed by atoms with Gasteiger partial charge in [-0.05, 0) is 65.6 Å². The molecule has 4 heterocycles. The summed E-state index contributed by atoms with van der Waals surface area (Å²) in [5.74, 6) is 0.850. The number of methoxy groups -OCH3 is 2. The number of likely N-dealkylation sites (tertiary alicyclic amines) is 2. The van der Waals surface area contributed by atoms with E-state index in [1.807, 2.05) is 97.1 Å². The SMILES string of the molecule is COC(=O)N[C@@H](C(=O)N1CCC[C@H]1c1ncc(-c2ccc(-c3ccc(-c4nnc([C@@H]5CCCN5C(=O)[C@H](NC(=O)OC)c5ccccc5)o4)cc3)cc2)[nH]1)c1ccccc1. The van der Waals surface area contributed by atoms with Crippen molar-refractivity contribution in [1.82, 2.24) is 40.6 Å². The Morgan fingerprint density at radius 3 is 1.67 bits per heavy atom. The maximum Gasteiger partial charge on any atom is 0.407 e. The van der Waals surface area contributed by atoms with Crippen LogP contribution in [0.3, 0.4) is 0 Å². The van der Waals surface area contributed by atoms with Gasteiger partial charge in [0.2, 0.25) is 11.8 Å². The molecule has 2 aromatic heterocycles. The van der Waals surface area contributed by atoms with Gasteiger partial charge in [0.1, 0.15) is 23.9 Å². The fraction of sp³-hybridized carbons (Fsp3) is 0.267. The van der Waals surface area contributed by atoms with E-state index < -0.39 is 30.3 Å². The molecule has 15 nitrogen and oxygen atoms in total. The third-order valence-electron chi connectivity index (χ3n) is 11.0. The van der Waals surface area contributed by atoms with E-state index in [2.05, 4.69) is 30.8 Å². The molecule has 4 atom stereocenters. The molecule has 2 aliphatic rings. The van der Waals surface area contributed by atoms with Gasteiger partial charge in [0, 0.05) is 18.7 Å². The summed E-state index contributed by atoms with van der Waals surface area (Å²) in [6.07, 6.45) is 3.34. The Bertz CT molecular complexity index is 2270. The van der Waals surface area contributed by atoms with Crippen molar-refractivity contribution < 1.29 is 33.1 Å². The molecule has 15 heteroatoms. The number of carbonyl (C=O) groups is 4. The number of alkyl carbamates (subject to hydrolysis) is 2. The highest BCUT2D eigenvalue weighted by Crippen LogP contribution is 2.37. The van der Waals surface area contributed by atoms with Crippen molar-refractivity contribution in [1.29, 1.82) is 0 Å². The Labute approximate surface area is 346 Å². The van der Waals surface area contributed by atoms with E-state index in [0.717, 1.165) is 47.2 Å². The largest absolute Gasteiger partial charge is 0.453 e. The number of nitrogens with zero attached hydrogens (tertiary/aromatic N) is 5. The predicted molar refractivity (Wildman–Crippen MR) is 220 cm³/mol. The van der Waals surface area contributed by atoms with E-state index in [9.17, 15) is 19.2 Å². The summed E-state index contributed by atoms with van der Waals surface area (Å²) in [5.41, 5.74) is 5.80. The number of H-pyrrole nitrogens is 1. The highest BCUT2D eigenvalue weighted by atomic mass is 16.5. The fourth-order valence-electron chi connectivity index (χ4n) is 7.94. The summed E-state index contributed by atoms with van der Waals surface area (Å²) < 4.78 is 15.8. The zero-order valence-electron chi connectivity index (χ0n) is 33.1. The quantitative estimate of drug-likeness (QED) is 0.120. The number of rotatable bonds is 11. The van der Waals surface area contributed by atoms with Crippen LogP contribution in [0.5, 0.6) is 0 Å². The van der Waals surface area contributed by atoms with E-state index in [-0.39, 0.29) is 17.9 Å². The first kappa shape index (κ1) is 39.5. The summed E-state index contributed by atoms with van der Waals surface area (Å²) in [6.45, 7) is 1.02. The first-order valence-electron chi connectivity index (χ1n) is 19.8. The van der Waals surface area contributed by atoms with Crippen LogP contribution in [0.15, 0.2) is 120 Å². The average Bonchev–Trinajstić information content (AvgIpc) is 4.15. The molecule has 60 heavy (non-hydrogen) atoms. The smallest absolute Gasteiger partial charge is 0.407 e. The summed E-state index contributed by atoms with van der Waals surface area (Å²) >= 11 is 0. The number of aromatic nitrogens is 4. The van der Waals surface area contributed by atoms with Gasteiger partial charge < -0.3 is 39.3 Å². The molecule has 2 aliphatic heterocycles. The van der Waals surface area contributed by atoms with Crippen LogP contribution in [0.4, 0.5) is 9.59 Å². The number of nitrogens with one attached hydrogen (secondary N) is 3. The van der Waals surface area contributed by atoms with Crippen molar-refractivity contribution in [2.45, 2.75) is 49.9 Å². The first-order chi connectivity index (χ1) is 29.3. The summed E-state index contributed by atoms with van der Waals surface area (Å²) in [6, 6.07) is 31.6. The molecule has 0 unspecified atom stereocenters. The lowest BCUT2D eigenvalue weighted by Crippen LogP contribution is -2.42. The molecule has 0 radical (unpaired) electrons. The highest BCUT2D eigenvalue weighted by Gasteiger charge is 2.39. The van der Waals surface area contributed by atoms with E-state index in [1.54, 1.807) is 28.1 Å². The van der Waals surface area contributed by atoms with Crippen molar-refractivity contribution >= 4 is 24.0 Å². The van der Waals surface area contributed by atoms with Crippen LogP contribution >= 0.6 is 0 Å². The lowest BCUT2D eigenvalue weighted by Gasteiger charge is -2.28. The third kappa shape index (κ3) is 8.32. The lowest BCUT2D eigenvalue weighted by atomic mass is 10.0. The van der Waals surface area contributed by atoms with Crippen LogP contribution in [0.1, 0.15) is 72.7 Å². The Morgan fingerprint density at radius 2 is 1.13 bits per heavy atom. The molecule has 2 fully saturated rings. The van der Waals surface area contributed by atoms with E-state index in [0.29, 0.717) is 48.2 Å². The van der Waals surface area contributed by atoms with Crippen molar-refractivity contribution in [3.63, 3.8) is 0 Å². The number of carbonyl (C=O) groups excluding carboxylic acids is 4. The van der Waals surface area contributed by atoms with Gasteiger partial charge >= 0.3 is 12.2 Å². The monoisotopic (exact) mass is 808 g/mol. The number of ether oxygens (including phenoxy) is 2. The Balaban J connectivity index is 0.928. The zero-order chi connectivity index (χ0) is 41.6. The second-order valence-electron chi connectivity index (χ2n) is 14.6. The maximum atomic E-state index is 13.9. The standard InChI is InChI=1S/C45H44N8O7/c1-58-44(56)48-37(31-11-5-3-6-12-31)42(54)52-25-9-15-35(52)39-46-27-34(47-39)30-21-17-28(18-22-30)29-19-23-33(24-20-29)40-50-51-41(60-40)36-16-10-26-53(36)43(55)38(49-45(57)59-2)32-13-7-4-8-14-32/h3-8,11-14,17-24,27,35-38H,9-10,15-16,25-26H2,1-2H3,(H,46,47)(H,48,56)(H,49,57)/t35-,36-,37+,38+/m0/s1. The van der Waals surface area contributed by atoms with E-state index >= 15 is 0 Å². The molecule has 0 spiro atoms. The molecule has 2 saturated heterocycles. The van der Waals surface area contributed by atoms with Gasteiger partial charge in [0.25, 0.3) is 11.8 Å². The van der Waals surface area contributed by atoms with Gasteiger partial charge in [-0.25, -0.2) is 14.6 Å². The maximum absolute atomic E-state index is 13.9. The molecule has 0 aliphatic carbocycles. The van der Waals surface area contributed by atoms with Crippen LogP contribution in [-0.4, -0.2) is 81.3 Å². The number of benzene rings is 4. The molecule has 306 valence electrons. The Hall–Kier alpha value is -7.29. The normalized spacial score (nSPS) is 17.2. The van der Waals surface area contributed by atoms with Crippen molar-refractivity contribution in [2.75, 3.05) is 27.3 Å². The summed E-state index contributed by atoms with van der Waals surface area (Å²) in [4.78, 5) is 63.7. The van der Waals surface area contributed by atoms with Gasteiger partial charge in [-0.15, -0.1) is 10.2 Å². The molecule has 0 bridgehead atoms. The molecular weight excluding hydrogens is 765 g/mol. The van der Waals surface area contributed by atoms with Crippen molar-refractivity contribution in [3.8, 4) is 33.8 Å². The minimum atomic E-state index is -0.932. The van der Waals surface area contributed by atoms with Gasteiger partial charge in [0.15, 0.2) is 0 Å². The van der Waals surface area contributed by atoms with Gasteiger partial charge in [0.05, 0.1) is 32.2 Å². The minimum absolute atomic E-state index is 0.224. The lowest BCUT2D eigenvalue weighted by molar-refractivity contribution is -0.135. The average molecular weight is 809 g/mol. The number of imidazole rings is 1. The fourth-order valence-corrected chi connectivity index (χ4v) is 7.94. The highest BCUT2D eigenvalue weighted by molar-refractivity contribution is 5.88. The minimum Gasteiger partial charge on any atom is -0.453 e. The molecule has 6 aromatic rings. The van der Waals surface area contributed by atoms with Gasteiger partial charge in [-0.1, -0.05) is 97.1 Å². The van der Waals surface area contributed by atoms with Crippen LogP contribution in [-0.2, 0) is 19.1 Å². The number of amides is 4. The zero-order valence-corrected chi connectivity index (χ0v) is 33.1. The molecule has 3 N–H and O–H groups in total. The third-order valence-corrected chi connectivity index (χ3v) is 11.0. The Kier molecular flexibility index (Phi) is 11.7. The van der Waals surface area contributed by atoms with Crippen LogP contribution < -0.4 is 10.6 Å². The summed E-state index contributed by atoms with van der Waals surface area (Å²) in [7, 11) is 2.53. The molecule has 4 amide bonds. The molecule has 0 saturated carbocycles. The number of hydrogen-bond donors (Lipinski definition) is 3. The topological polar surface area (TPSA) is 185 Å². The van der Waals surface area contributed by atoms with Crippen molar-refractivity contribution in [3.05, 3.63) is 138 Å². The second kappa shape index (κ2) is 17.7. The predicted octanol–water partition coefficient (Wildman–Crippen LogP) is 7.32. The molecule has 4 aromatic carbocycles. The van der Waals surface area contributed by atoms with Gasteiger partial charge in [-0.3, -0.25) is 9.59 Å². The van der Waals surface area contributed by atoms with Crippen LogP contribution in [0, 0.1) is 0 Å². The van der Waals surface area contributed by atoms with Crippen LogP contribution in [0.2, 0.25) is 0 Å². The van der Waals surface area contributed by atoms with Crippen LogP contribution in [0.25, 0.3) is 33.8 Å². The molecular formula is C45H44N8O7. The Morgan fingerprint density at radius 1 is 0.650 bits per heavy atom.